The molecule has 1 fully saturated rings. The van der Waals surface area contributed by atoms with E-state index < -0.39 is 5.60 Å². The number of halogens is 1. The van der Waals surface area contributed by atoms with Crippen molar-refractivity contribution in [3.63, 3.8) is 0 Å². The molecule has 176 valence electrons. The molecule has 3 aromatic rings. The molecular weight excluding hydrogens is 442 g/mol. The predicted molar refractivity (Wildman–Crippen MR) is 127 cm³/mol. The van der Waals surface area contributed by atoms with E-state index in [1.165, 1.54) is 0 Å². The fourth-order valence-corrected chi connectivity index (χ4v) is 4.01. The van der Waals surface area contributed by atoms with Crippen molar-refractivity contribution in [3.8, 4) is 11.5 Å². The van der Waals surface area contributed by atoms with E-state index in [4.69, 9.17) is 25.8 Å². The first-order valence-electron chi connectivity index (χ1n) is 11.1. The third-order valence-corrected chi connectivity index (χ3v) is 5.64. The van der Waals surface area contributed by atoms with Gasteiger partial charge in [-0.1, -0.05) is 29.8 Å². The van der Waals surface area contributed by atoms with Crippen LogP contribution in [0.2, 0.25) is 5.02 Å². The summed E-state index contributed by atoms with van der Waals surface area (Å²) in [5.74, 6) is 1.45. The fourth-order valence-electron chi connectivity index (χ4n) is 3.83. The van der Waals surface area contributed by atoms with Crippen LogP contribution in [0.1, 0.15) is 11.1 Å². The second-order valence-corrected chi connectivity index (χ2v) is 8.95. The molecule has 1 unspecified atom stereocenters. The van der Waals surface area contributed by atoms with Gasteiger partial charge >= 0.3 is 0 Å². The maximum absolute atomic E-state index is 11.2. The number of benzene rings is 2. The van der Waals surface area contributed by atoms with Crippen molar-refractivity contribution < 1.29 is 19.3 Å². The number of nitrogens with zero attached hydrogens (tertiary/aromatic N) is 3. The van der Waals surface area contributed by atoms with E-state index in [1.54, 1.807) is 12.1 Å². The van der Waals surface area contributed by atoms with Gasteiger partial charge in [0.1, 0.15) is 30.3 Å². The third-order valence-electron chi connectivity index (χ3n) is 5.40. The molecule has 1 aliphatic rings. The van der Waals surface area contributed by atoms with Gasteiger partial charge in [0.15, 0.2) is 0 Å². The summed E-state index contributed by atoms with van der Waals surface area (Å²) in [6, 6.07) is 15.2. The molecule has 33 heavy (non-hydrogen) atoms. The predicted octanol–water partition coefficient (Wildman–Crippen LogP) is 3.57. The summed E-state index contributed by atoms with van der Waals surface area (Å²) >= 11 is 6.03. The van der Waals surface area contributed by atoms with Crippen molar-refractivity contribution in [2.75, 3.05) is 39.5 Å². The zero-order valence-electron chi connectivity index (χ0n) is 18.8. The molecule has 1 atom stereocenters. The second kappa shape index (κ2) is 11.0. The van der Waals surface area contributed by atoms with E-state index >= 15 is 0 Å². The molecule has 4 rings (SSSR count). The summed E-state index contributed by atoms with van der Waals surface area (Å²) in [5.41, 5.74) is 1.13. The lowest BCUT2D eigenvalue weighted by atomic mass is 10.1. The zero-order valence-corrected chi connectivity index (χ0v) is 19.6. The Balaban J connectivity index is 1.32. The van der Waals surface area contributed by atoms with Gasteiger partial charge in [-0.15, -0.1) is 0 Å². The third kappa shape index (κ3) is 7.20. The summed E-state index contributed by atoms with van der Waals surface area (Å²) < 4.78 is 19.3. The Bertz CT molecular complexity index is 1040. The minimum Gasteiger partial charge on any atom is -0.492 e. The lowest BCUT2D eigenvalue weighted by molar-refractivity contribution is -0.0646. The van der Waals surface area contributed by atoms with Crippen molar-refractivity contribution in [3.05, 3.63) is 77.1 Å². The monoisotopic (exact) mass is 471 g/mol. The SMILES string of the molecule is Cc1cnn(CCOc2cccc(CN3CCOCC(O)(COc4cccc(Cl)c4)C3)c2)c1. The average molecular weight is 472 g/mol. The van der Waals surface area contributed by atoms with E-state index in [0.29, 0.717) is 43.6 Å². The van der Waals surface area contributed by atoms with Crippen molar-refractivity contribution in [2.45, 2.75) is 25.6 Å². The van der Waals surface area contributed by atoms with Crippen LogP contribution in [0.15, 0.2) is 60.9 Å². The standard InChI is InChI=1S/C25H30ClN3O4/c1-20-14-27-29(15-20)9-11-32-23-6-2-4-21(12-23)16-28-8-10-31-18-25(30,17-28)19-33-24-7-3-5-22(26)13-24/h2-7,12-15,30H,8-11,16-19H2,1H3. The Kier molecular flexibility index (Phi) is 7.88. The smallest absolute Gasteiger partial charge is 0.134 e. The van der Waals surface area contributed by atoms with Gasteiger partial charge in [-0.05, 0) is 48.4 Å². The fraction of sp³-hybridized carbons (Fsp3) is 0.400. The number of β-amino-alcohol motifs (C(OH)–C–C–N with tert-alkyl or cyclic N) is 1. The molecule has 0 spiro atoms. The molecule has 0 saturated carbocycles. The Labute approximate surface area is 199 Å². The van der Waals surface area contributed by atoms with Gasteiger partial charge in [0, 0.05) is 30.9 Å². The largest absolute Gasteiger partial charge is 0.492 e. The molecule has 7 nitrogen and oxygen atoms in total. The minimum atomic E-state index is -1.12. The molecule has 1 N–H and O–H groups in total. The van der Waals surface area contributed by atoms with Crippen LogP contribution < -0.4 is 9.47 Å². The highest BCUT2D eigenvalue weighted by atomic mass is 35.5. The van der Waals surface area contributed by atoms with Gasteiger partial charge in [0.2, 0.25) is 0 Å². The number of hydrogen-bond donors (Lipinski definition) is 1. The van der Waals surface area contributed by atoms with Crippen LogP contribution in [0.3, 0.4) is 0 Å². The molecule has 8 heteroatoms. The van der Waals surface area contributed by atoms with E-state index in [9.17, 15) is 5.11 Å². The number of aliphatic hydroxyl groups is 1. The highest BCUT2D eigenvalue weighted by Crippen LogP contribution is 2.22. The van der Waals surface area contributed by atoms with Crippen LogP contribution in [-0.4, -0.2) is 64.9 Å². The molecule has 2 aromatic carbocycles. The highest BCUT2D eigenvalue weighted by Gasteiger charge is 2.33. The summed E-state index contributed by atoms with van der Waals surface area (Å²) in [6.07, 6.45) is 3.84. The molecule has 1 saturated heterocycles. The second-order valence-electron chi connectivity index (χ2n) is 8.51. The van der Waals surface area contributed by atoms with Crippen molar-refractivity contribution >= 4 is 11.6 Å². The van der Waals surface area contributed by atoms with Crippen LogP contribution >= 0.6 is 11.6 Å². The first-order valence-corrected chi connectivity index (χ1v) is 11.5. The van der Waals surface area contributed by atoms with Crippen molar-refractivity contribution in [1.82, 2.24) is 14.7 Å². The van der Waals surface area contributed by atoms with Gasteiger partial charge < -0.3 is 19.3 Å². The number of ether oxygens (including phenoxy) is 3. The normalized spacial score (nSPS) is 19.2. The highest BCUT2D eigenvalue weighted by molar-refractivity contribution is 6.30. The topological polar surface area (TPSA) is 69.0 Å². The van der Waals surface area contributed by atoms with E-state index in [0.717, 1.165) is 23.4 Å². The summed E-state index contributed by atoms with van der Waals surface area (Å²) in [5, 5.41) is 16.0. The van der Waals surface area contributed by atoms with Gasteiger partial charge in [-0.3, -0.25) is 9.58 Å². The van der Waals surface area contributed by atoms with Crippen LogP contribution in [0.4, 0.5) is 0 Å². The van der Waals surface area contributed by atoms with E-state index in [2.05, 4.69) is 16.1 Å². The Hall–Kier alpha value is -2.58. The Morgan fingerprint density at radius 3 is 2.76 bits per heavy atom. The maximum Gasteiger partial charge on any atom is 0.134 e. The molecule has 1 aliphatic heterocycles. The molecule has 1 aromatic heterocycles. The summed E-state index contributed by atoms with van der Waals surface area (Å²) in [7, 11) is 0. The molecule has 0 amide bonds. The number of hydrogen-bond acceptors (Lipinski definition) is 6. The van der Waals surface area contributed by atoms with Crippen LogP contribution in [0.25, 0.3) is 0 Å². The first kappa shape index (κ1) is 23.6. The average Bonchev–Trinajstić information content (AvgIpc) is 3.11. The molecular formula is C25H30ClN3O4. The van der Waals surface area contributed by atoms with Crippen LogP contribution in [0.5, 0.6) is 11.5 Å². The van der Waals surface area contributed by atoms with Crippen LogP contribution in [0, 0.1) is 6.92 Å². The quantitative estimate of drug-likeness (QED) is 0.514. The lowest BCUT2D eigenvalue weighted by Crippen LogP contribution is -2.48. The lowest BCUT2D eigenvalue weighted by Gasteiger charge is -2.30. The van der Waals surface area contributed by atoms with Gasteiger partial charge in [-0.25, -0.2) is 0 Å². The number of aromatic nitrogens is 2. The first-order chi connectivity index (χ1) is 16.0. The Morgan fingerprint density at radius 1 is 1.15 bits per heavy atom. The molecule has 2 heterocycles. The van der Waals surface area contributed by atoms with E-state index in [1.807, 2.05) is 54.3 Å². The van der Waals surface area contributed by atoms with Gasteiger partial charge in [0.25, 0.3) is 0 Å². The molecule has 0 radical (unpaired) electrons. The maximum atomic E-state index is 11.2. The number of aryl methyl sites for hydroxylation is 1. The molecule has 0 bridgehead atoms. The van der Waals surface area contributed by atoms with Crippen LogP contribution in [-0.2, 0) is 17.8 Å². The summed E-state index contributed by atoms with van der Waals surface area (Å²) in [4.78, 5) is 2.18. The van der Waals surface area contributed by atoms with Gasteiger partial charge in [0.05, 0.1) is 26.0 Å². The molecule has 0 aliphatic carbocycles. The zero-order chi connectivity index (χ0) is 23.1. The van der Waals surface area contributed by atoms with Crippen molar-refractivity contribution in [2.24, 2.45) is 0 Å². The van der Waals surface area contributed by atoms with Gasteiger partial charge in [-0.2, -0.15) is 5.10 Å². The summed E-state index contributed by atoms with van der Waals surface area (Å²) in [6.45, 7) is 6.01. The number of rotatable bonds is 9. The Morgan fingerprint density at radius 2 is 1.97 bits per heavy atom. The minimum absolute atomic E-state index is 0.125. The van der Waals surface area contributed by atoms with Crippen molar-refractivity contribution in [1.29, 1.82) is 0 Å². The van der Waals surface area contributed by atoms with E-state index in [-0.39, 0.29) is 13.2 Å².